The second kappa shape index (κ2) is 5.03. The van der Waals surface area contributed by atoms with Crippen LogP contribution >= 0.6 is 0 Å². The Labute approximate surface area is 104 Å². The van der Waals surface area contributed by atoms with E-state index in [4.69, 9.17) is 5.11 Å². The third-order valence-corrected chi connectivity index (χ3v) is 3.17. The molecule has 0 amide bonds. The summed E-state index contributed by atoms with van der Waals surface area (Å²) in [6.45, 7) is 0. The SMILES string of the molecule is O=C(O)c1cccc([N+](=O)[O-])c1NC1CCCC1. The zero-order valence-corrected chi connectivity index (χ0v) is 9.76. The minimum atomic E-state index is -1.15. The minimum Gasteiger partial charge on any atom is -0.478 e. The van der Waals surface area contributed by atoms with E-state index in [2.05, 4.69) is 5.32 Å². The number of rotatable bonds is 4. The Bertz CT molecular complexity index is 449. The summed E-state index contributed by atoms with van der Waals surface area (Å²) < 4.78 is 0. The quantitative estimate of drug-likeness (QED) is 0.633. The Balaban J connectivity index is 2.39. The van der Waals surface area contributed by atoms with E-state index in [0.29, 0.717) is 0 Å². The molecular formula is C12H14N2O4. The van der Waals surface area contributed by atoms with Gasteiger partial charge in [0, 0.05) is 12.1 Å². The second-order valence-electron chi connectivity index (χ2n) is 4.39. The summed E-state index contributed by atoms with van der Waals surface area (Å²) in [5, 5.41) is 23.0. The summed E-state index contributed by atoms with van der Waals surface area (Å²) in [7, 11) is 0. The number of para-hydroxylation sites is 1. The molecule has 96 valence electrons. The number of nitrogens with zero attached hydrogens (tertiary/aromatic N) is 1. The summed E-state index contributed by atoms with van der Waals surface area (Å²) in [4.78, 5) is 21.5. The number of carboxylic acid groups (broad SMARTS) is 1. The van der Waals surface area contributed by atoms with Crippen LogP contribution < -0.4 is 5.32 Å². The van der Waals surface area contributed by atoms with Crippen LogP contribution in [0.3, 0.4) is 0 Å². The lowest BCUT2D eigenvalue weighted by Crippen LogP contribution is -2.18. The molecule has 1 saturated carbocycles. The van der Waals surface area contributed by atoms with Gasteiger partial charge in [0.25, 0.3) is 5.69 Å². The van der Waals surface area contributed by atoms with Gasteiger partial charge in [-0.3, -0.25) is 10.1 Å². The Hall–Kier alpha value is -2.11. The van der Waals surface area contributed by atoms with Crippen molar-refractivity contribution in [2.45, 2.75) is 31.7 Å². The third kappa shape index (κ3) is 2.42. The van der Waals surface area contributed by atoms with E-state index in [1.807, 2.05) is 0 Å². The largest absolute Gasteiger partial charge is 0.478 e. The monoisotopic (exact) mass is 250 g/mol. The molecule has 0 aromatic heterocycles. The number of hydrogen-bond donors (Lipinski definition) is 2. The maximum Gasteiger partial charge on any atom is 0.338 e. The van der Waals surface area contributed by atoms with Gasteiger partial charge in [-0.25, -0.2) is 4.79 Å². The summed E-state index contributed by atoms with van der Waals surface area (Å²) in [5.41, 5.74) is -0.0974. The number of benzene rings is 1. The number of nitrogens with one attached hydrogen (secondary N) is 1. The van der Waals surface area contributed by atoms with E-state index in [0.717, 1.165) is 25.7 Å². The fourth-order valence-corrected chi connectivity index (χ4v) is 2.30. The number of aromatic carboxylic acids is 1. The maximum atomic E-state index is 11.1. The molecule has 1 fully saturated rings. The molecule has 0 unspecified atom stereocenters. The van der Waals surface area contributed by atoms with Crippen LogP contribution in [0.1, 0.15) is 36.0 Å². The van der Waals surface area contributed by atoms with Gasteiger partial charge in [0.2, 0.25) is 0 Å². The van der Waals surface area contributed by atoms with Crippen molar-refractivity contribution in [3.63, 3.8) is 0 Å². The van der Waals surface area contributed by atoms with Crippen LogP contribution in [0.5, 0.6) is 0 Å². The zero-order valence-electron chi connectivity index (χ0n) is 9.76. The molecule has 6 heteroatoms. The van der Waals surface area contributed by atoms with Crippen LogP contribution in [0.2, 0.25) is 0 Å². The lowest BCUT2D eigenvalue weighted by Gasteiger charge is -2.15. The first-order valence-electron chi connectivity index (χ1n) is 5.87. The first kappa shape index (κ1) is 12.3. The minimum absolute atomic E-state index is 0.0453. The Kier molecular flexibility index (Phi) is 3.45. The fraction of sp³-hybridized carbons (Fsp3) is 0.417. The molecular weight excluding hydrogens is 236 g/mol. The molecule has 0 saturated heterocycles. The van der Waals surface area contributed by atoms with E-state index in [1.54, 1.807) is 0 Å². The molecule has 0 heterocycles. The molecule has 2 N–H and O–H groups in total. The molecule has 0 spiro atoms. The van der Waals surface area contributed by atoms with Crippen LogP contribution in [0.15, 0.2) is 18.2 Å². The molecule has 1 aromatic carbocycles. The first-order valence-corrected chi connectivity index (χ1v) is 5.87. The average molecular weight is 250 g/mol. The molecule has 1 aromatic rings. The zero-order chi connectivity index (χ0) is 13.1. The van der Waals surface area contributed by atoms with Crippen LogP contribution in [-0.4, -0.2) is 22.0 Å². The van der Waals surface area contributed by atoms with Crippen LogP contribution in [-0.2, 0) is 0 Å². The highest BCUT2D eigenvalue weighted by Gasteiger charge is 2.24. The van der Waals surface area contributed by atoms with Crippen molar-refractivity contribution in [3.8, 4) is 0 Å². The van der Waals surface area contributed by atoms with Crippen molar-refractivity contribution in [2.75, 3.05) is 5.32 Å². The highest BCUT2D eigenvalue weighted by molar-refractivity contribution is 5.96. The van der Waals surface area contributed by atoms with Crippen LogP contribution in [0.4, 0.5) is 11.4 Å². The first-order chi connectivity index (χ1) is 8.59. The smallest absolute Gasteiger partial charge is 0.338 e. The second-order valence-corrected chi connectivity index (χ2v) is 4.39. The lowest BCUT2D eigenvalue weighted by atomic mass is 10.1. The predicted octanol–water partition coefficient (Wildman–Crippen LogP) is 2.65. The molecule has 0 aliphatic heterocycles. The fourth-order valence-electron chi connectivity index (χ4n) is 2.30. The van der Waals surface area contributed by atoms with E-state index in [1.165, 1.54) is 18.2 Å². The van der Waals surface area contributed by atoms with Crippen LogP contribution in [0, 0.1) is 10.1 Å². The predicted molar refractivity (Wildman–Crippen MR) is 65.9 cm³/mol. The normalized spacial score (nSPS) is 15.6. The number of carbonyl (C=O) groups is 1. The molecule has 1 aliphatic carbocycles. The van der Waals surface area contributed by atoms with Gasteiger partial charge in [-0.05, 0) is 18.9 Å². The van der Waals surface area contributed by atoms with Gasteiger partial charge in [-0.1, -0.05) is 18.9 Å². The molecule has 2 rings (SSSR count). The van der Waals surface area contributed by atoms with Gasteiger partial charge < -0.3 is 10.4 Å². The highest BCUT2D eigenvalue weighted by Crippen LogP contribution is 2.31. The lowest BCUT2D eigenvalue weighted by molar-refractivity contribution is -0.384. The van der Waals surface area contributed by atoms with Crippen molar-refractivity contribution >= 4 is 17.3 Å². The topological polar surface area (TPSA) is 92.5 Å². The van der Waals surface area contributed by atoms with E-state index >= 15 is 0 Å². The van der Waals surface area contributed by atoms with Crippen molar-refractivity contribution in [1.29, 1.82) is 0 Å². The summed E-state index contributed by atoms with van der Waals surface area (Å²) in [6, 6.07) is 4.22. The number of carboxylic acids is 1. The molecule has 18 heavy (non-hydrogen) atoms. The molecule has 0 bridgehead atoms. The Morgan fingerprint density at radius 3 is 2.61 bits per heavy atom. The van der Waals surface area contributed by atoms with Gasteiger partial charge in [0.15, 0.2) is 0 Å². The van der Waals surface area contributed by atoms with E-state index in [9.17, 15) is 14.9 Å². The van der Waals surface area contributed by atoms with Crippen molar-refractivity contribution in [3.05, 3.63) is 33.9 Å². The highest BCUT2D eigenvalue weighted by atomic mass is 16.6. The number of anilines is 1. The van der Waals surface area contributed by atoms with Crippen molar-refractivity contribution in [1.82, 2.24) is 0 Å². The van der Waals surface area contributed by atoms with Gasteiger partial charge in [0.1, 0.15) is 5.69 Å². The van der Waals surface area contributed by atoms with Crippen molar-refractivity contribution in [2.24, 2.45) is 0 Å². The van der Waals surface area contributed by atoms with Gasteiger partial charge in [-0.15, -0.1) is 0 Å². The Morgan fingerprint density at radius 2 is 2.06 bits per heavy atom. The summed E-state index contributed by atoms with van der Waals surface area (Å²) >= 11 is 0. The number of nitro groups is 1. The summed E-state index contributed by atoms with van der Waals surface area (Å²) in [5.74, 6) is -1.15. The maximum absolute atomic E-state index is 11.1. The van der Waals surface area contributed by atoms with Gasteiger partial charge in [0.05, 0.1) is 10.5 Å². The van der Waals surface area contributed by atoms with Gasteiger partial charge in [-0.2, -0.15) is 0 Å². The Morgan fingerprint density at radius 1 is 1.39 bits per heavy atom. The molecule has 6 nitrogen and oxygen atoms in total. The molecule has 0 radical (unpaired) electrons. The standard InChI is InChI=1S/C12H14N2O4/c15-12(16)9-6-3-7-10(14(17)18)11(9)13-8-4-1-2-5-8/h3,6-8,13H,1-2,4-5H2,(H,15,16). The average Bonchev–Trinajstić information content (AvgIpc) is 2.81. The molecule has 0 atom stereocenters. The number of hydrogen-bond acceptors (Lipinski definition) is 4. The molecule has 1 aliphatic rings. The number of nitro benzene ring substituents is 1. The van der Waals surface area contributed by atoms with E-state index < -0.39 is 10.9 Å². The van der Waals surface area contributed by atoms with Gasteiger partial charge >= 0.3 is 5.97 Å². The van der Waals surface area contributed by atoms with Crippen molar-refractivity contribution < 1.29 is 14.8 Å². The van der Waals surface area contributed by atoms with Crippen LogP contribution in [0.25, 0.3) is 0 Å². The van der Waals surface area contributed by atoms with E-state index in [-0.39, 0.29) is 23.0 Å². The third-order valence-electron chi connectivity index (χ3n) is 3.17. The summed E-state index contributed by atoms with van der Waals surface area (Å²) in [6.07, 6.45) is 3.98.